The van der Waals surface area contributed by atoms with E-state index in [0.29, 0.717) is 37.5 Å². The summed E-state index contributed by atoms with van der Waals surface area (Å²) in [7, 11) is 1.61. The van der Waals surface area contributed by atoms with Gasteiger partial charge in [0.05, 0.1) is 12.5 Å². The highest BCUT2D eigenvalue weighted by atomic mass is 16.5. The third-order valence-corrected chi connectivity index (χ3v) is 5.89. The van der Waals surface area contributed by atoms with Crippen molar-refractivity contribution in [3.63, 3.8) is 0 Å². The third kappa shape index (κ3) is 4.35. The average Bonchev–Trinajstić information content (AvgIpc) is 3.29. The lowest BCUT2D eigenvalue weighted by atomic mass is 9.76. The van der Waals surface area contributed by atoms with Crippen molar-refractivity contribution in [3.05, 3.63) is 29.8 Å². The molecule has 0 aromatic heterocycles. The molecule has 2 aliphatic rings. The molecule has 1 unspecified atom stereocenters. The molecule has 1 aromatic carbocycles. The van der Waals surface area contributed by atoms with Crippen LogP contribution in [0, 0.1) is 11.3 Å². The van der Waals surface area contributed by atoms with Gasteiger partial charge in [-0.05, 0) is 31.0 Å². The van der Waals surface area contributed by atoms with Gasteiger partial charge in [-0.25, -0.2) is 0 Å². The Morgan fingerprint density at radius 2 is 2.00 bits per heavy atom. The fourth-order valence-corrected chi connectivity index (χ4v) is 4.59. The predicted octanol–water partition coefficient (Wildman–Crippen LogP) is 2.04. The van der Waals surface area contributed by atoms with Crippen molar-refractivity contribution in [1.29, 1.82) is 0 Å². The summed E-state index contributed by atoms with van der Waals surface area (Å²) in [6.45, 7) is 3.44. The van der Waals surface area contributed by atoms with E-state index in [1.807, 2.05) is 0 Å². The lowest BCUT2D eigenvalue weighted by Gasteiger charge is -2.28. The van der Waals surface area contributed by atoms with Crippen LogP contribution in [0.5, 0.6) is 0 Å². The van der Waals surface area contributed by atoms with E-state index in [-0.39, 0.29) is 29.1 Å². The Labute approximate surface area is 165 Å². The molecule has 1 saturated heterocycles. The van der Waals surface area contributed by atoms with Gasteiger partial charge in [0, 0.05) is 50.3 Å². The molecule has 0 radical (unpaired) electrons. The van der Waals surface area contributed by atoms with Crippen LogP contribution in [0.4, 0.5) is 5.69 Å². The van der Waals surface area contributed by atoms with Crippen LogP contribution >= 0.6 is 0 Å². The zero-order chi connectivity index (χ0) is 20.1. The molecule has 1 spiro atoms. The molecule has 1 aliphatic heterocycles. The molecule has 1 aliphatic carbocycles. The molecule has 3 rings (SSSR count). The molecule has 0 bridgehead atoms. The van der Waals surface area contributed by atoms with Crippen LogP contribution < -0.4 is 10.6 Å². The largest absolute Gasteiger partial charge is 0.383 e. The highest BCUT2D eigenvalue weighted by molar-refractivity contribution is 5.97. The van der Waals surface area contributed by atoms with Crippen molar-refractivity contribution >= 4 is 23.4 Å². The predicted molar refractivity (Wildman–Crippen MR) is 106 cm³/mol. The lowest BCUT2D eigenvalue weighted by Crippen LogP contribution is -2.41. The molecule has 2 N–H and O–H groups in total. The second kappa shape index (κ2) is 8.73. The number of hydrogen-bond donors (Lipinski definition) is 2. The fraction of sp³-hybridized carbons (Fsp3) is 0.571. The Morgan fingerprint density at radius 1 is 1.25 bits per heavy atom. The van der Waals surface area contributed by atoms with Crippen LogP contribution in [0.1, 0.15) is 43.0 Å². The van der Waals surface area contributed by atoms with Crippen LogP contribution in [-0.4, -0.2) is 56.0 Å². The van der Waals surface area contributed by atoms with Crippen molar-refractivity contribution in [1.82, 2.24) is 10.2 Å². The first-order valence-electron chi connectivity index (χ1n) is 9.89. The summed E-state index contributed by atoms with van der Waals surface area (Å²) in [5, 5.41) is 5.67. The minimum atomic E-state index is -0.186. The van der Waals surface area contributed by atoms with Crippen molar-refractivity contribution in [2.75, 3.05) is 38.7 Å². The number of hydrogen-bond acceptors (Lipinski definition) is 4. The van der Waals surface area contributed by atoms with Crippen molar-refractivity contribution < 1.29 is 19.1 Å². The first kappa shape index (κ1) is 20.3. The Hall–Kier alpha value is -2.41. The molecule has 7 heteroatoms. The number of likely N-dealkylation sites (tertiary alicyclic amines) is 1. The monoisotopic (exact) mass is 387 g/mol. The average molecular weight is 387 g/mol. The maximum absolute atomic E-state index is 13.1. The summed E-state index contributed by atoms with van der Waals surface area (Å²) in [5.41, 5.74) is 1.00. The van der Waals surface area contributed by atoms with E-state index in [1.54, 1.807) is 36.3 Å². The minimum Gasteiger partial charge on any atom is -0.383 e. The van der Waals surface area contributed by atoms with Gasteiger partial charge in [0.2, 0.25) is 11.8 Å². The van der Waals surface area contributed by atoms with E-state index in [0.717, 1.165) is 25.7 Å². The van der Waals surface area contributed by atoms with Gasteiger partial charge >= 0.3 is 0 Å². The summed E-state index contributed by atoms with van der Waals surface area (Å²) in [6.07, 6.45) is 4.15. The summed E-state index contributed by atoms with van der Waals surface area (Å²) >= 11 is 0. The summed E-state index contributed by atoms with van der Waals surface area (Å²) in [6, 6.07) is 6.96. The zero-order valence-electron chi connectivity index (χ0n) is 16.6. The Kier molecular flexibility index (Phi) is 6.34. The van der Waals surface area contributed by atoms with Gasteiger partial charge < -0.3 is 20.3 Å². The molecule has 3 amide bonds. The number of rotatable bonds is 6. The molecular weight excluding hydrogens is 358 g/mol. The normalized spacial score (nSPS) is 20.4. The van der Waals surface area contributed by atoms with Crippen molar-refractivity contribution in [2.24, 2.45) is 11.3 Å². The maximum atomic E-state index is 13.1. The summed E-state index contributed by atoms with van der Waals surface area (Å²) in [4.78, 5) is 39.0. The molecule has 28 heavy (non-hydrogen) atoms. The number of anilines is 1. The van der Waals surface area contributed by atoms with E-state index in [4.69, 9.17) is 4.74 Å². The van der Waals surface area contributed by atoms with Crippen LogP contribution in [0.3, 0.4) is 0 Å². The zero-order valence-corrected chi connectivity index (χ0v) is 16.6. The number of nitrogens with one attached hydrogen (secondary N) is 2. The number of methoxy groups -OCH3 is 1. The van der Waals surface area contributed by atoms with Crippen LogP contribution in [-0.2, 0) is 14.3 Å². The number of benzene rings is 1. The number of ether oxygens (including phenoxy) is 1. The third-order valence-electron chi connectivity index (χ3n) is 5.89. The van der Waals surface area contributed by atoms with Gasteiger partial charge in [0.1, 0.15) is 0 Å². The quantitative estimate of drug-likeness (QED) is 0.731. The fourth-order valence-electron chi connectivity index (χ4n) is 4.59. The number of carbonyl (C=O) groups is 3. The maximum Gasteiger partial charge on any atom is 0.253 e. The Morgan fingerprint density at radius 3 is 2.68 bits per heavy atom. The highest BCUT2D eigenvalue weighted by Gasteiger charge is 2.52. The number of nitrogens with zero attached hydrogens (tertiary/aromatic N) is 1. The van der Waals surface area contributed by atoms with Gasteiger partial charge in [0.15, 0.2) is 0 Å². The molecular formula is C21H29N3O4. The van der Waals surface area contributed by atoms with Gasteiger partial charge in [-0.3, -0.25) is 14.4 Å². The Balaban J connectivity index is 1.75. The molecule has 1 aromatic rings. The van der Waals surface area contributed by atoms with Gasteiger partial charge in [-0.1, -0.05) is 18.9 Å². The molecule has 2 fully saturated rings. The summed E-state index contributed by atoms with van der Waals surface area (Å²) < 4.78 is 5.02. The number of carbonyl (C=O) groups excluding carboxylic acids is 3. The lowest BCUT2D eigenvalue weighted by molar-refractivity contribution is -0.127. The van der Waals surface area contributed by atoms with Crippen molar-refractivity contribution in [2.45, 2.75) is 32.6 Å². The van der Waals surface area contributed by atoms with Gasteiger partial charge in [0.25, 0.3) is 5.91 Å². The van der Waals surface area contributed by atoms with Gasteiger partial charge in [-0.2, -0.15) is 0 Å². The molecule has 1 saturated carbocycles. The first-order chi connectivity index (χ1) is 13.4. The van der Waals surface area contributed by atoms with E-state index in [2.05, 4.69) is 10.6 Å². The highest BCUT2D eigenvalue weighted by Crippen LogP contribution is 2.49. The van der Waals surface area contributed by atoms with E-state index in [1.165, 1.54) is 6.92 Å². The van der Waals surface area contributed by atoms with E-state index < -0.39 is 0 Å². The summed E-state index contributed by atoms with van der Waals surface area (Å²) in [5.74, 6) is -0.440. The second-order valence-electron chi connectivity index (χ2n) is 7.85. The molecule has 1 heterocycles. The van der Waals surface area contributed by atoms with Gasteiger partial charge in [-0.15, -0.1) is 0 Å². The molecule has 1 atom stereocenters. The van der Waals surface area contributed by atoms with Crippen LogP contribution in [0.2, 0.25) is 0 Å². The van der Waals surface area contributed by atoms with E-state index in [9.17, 15) is 14.4 Å². The minimum absolute atomic E-state index is 0.0150. The van der Waals surface area contributed by atoms with Crippen LogP contribution in [0.25, 0.3) is 0 Å². The van der Waals surface area contributed by atoms with E-state index >= 15 is 0 Å². The smallest absolute Gasteiger partial charge is 0.253 e. The topological polar surface area (TPSA) is 87.7 Å². The molecule has 7 nitrogen and oxygen atoms in total. The SMILES string of the molecule is COCCNC(=O)C1CN(C(=O)c2cccc(NC(C)=O)c2)CC12CCCC2. The number of amides is 3. The van der Waals surface area contributed by atoms with Crippen molar-refractivity contribution in [3.8, 4) is 0 Å². The standard InChI is InChI=1S/C21H29N3O4/c1-15(25)23-17-7-5-6-16(12-17)20(27)24-13-18(19(26)22-10-11-28-2)21(14-24)8-3-4-9-21/h5-7,12,18H,3-4,8-11,13-14H2,1-2H3,(H,22,26)(H,23,25). The van der Waals surface area contributed by atoms with Crippen LogP contribution in [0.15, 0.2) is 24.3 Å². The molecule has 152 valence electrons. The Bertz CT molecular complexity index is 743. The first-order valence-corrected chi connectivity index (χ1v) is 9.89. The second-order valence-corrected chi connectivity index (χ2v) is 7.85.